The van der Waals surface area contributed by atoms with Crippen LogP contribution in [0.3, 0.4) is 0 Å². The van der Waals surface area contributed by atoms with Gasteiger partial charge in [0.25, 0.3) is 0 Å². The van der Waals surface area contributed by atoms with E-state index < -0.39 is 0 Å². The molecule has 0 saturated carbocycles. The highest BCUT2D eigenvalue weighted by molar-refractivity contribution is 5.82. The summed E-state index contributed by atoms with van der Waals surface area (Å²) in [5, 5.41) is 3.40. The van der Waals surface area contributed by atoms with E-state index in [0.717, 1.165) is 17.8 Å². The third kappa shape index (κ3) is 2.54. The van der Waals surface area contributed by atoms with Crippen molar-refractivity contribution in [2.24, 2.45) is 0 Å². The maximum absolute atomic E-state index is 4.27. The third-order valence-corrected chi connectivity index (χ3v) is 2.99. The Labute approximate surface area is 111 Å². The minimum absolute atomic E-state index is 0.281. The molecule has 1 aromatic carbocycles. The van der Waals surface area contributed by atoms with Gasteiger partial charge in [-0.05, 0) is 18.9 Å². The number of fused-ring (bicyclic) bond motifs is 1. The minimum Gasteiger partial charge on any atom is -0.365 e. The van der Waals surface area contributed by atoms with E-state index in [0.29, 0.717) is 5.65 Å². The second-order valence-electron chi connectivity index (χ2n) is 4.56. The predicted molar refractivity (Wildman–Crippen MR) is 74.9 cm³/mol. The highest BCUT2D eigenvalue weighted by atomic mass is 15.1. The Kier molecular flexibility index (Phi) is 3.10. The zero-order chi connectivity index (χ0) is 13.1. The van der Waals surface area contributed by atoms with Crippen molar-refractivity contribution in [1.82, 2.24) is 19.9 Å². The SMILES string of the molecule is C[C@H](Cc1ccccc1)Nc1ncnc2nc[nH]c12. The summed E-state index contributed by atoms with van der Waals surface area (Å²) in [6.07, 6.45) is 4.10. The van der Waals surface area contributed by atoms with Crippen LogP contribution in [0.1, 0.15) is 12.5 Å². The number of H-pyrrole nitrogens is 1. The topological polar surface area (TPSA) is 66.5 Å². The van der Waals surface area contributed by atoms with Gasteiger partial charge in [-0.3, -0.25) is 0 Å². The summed E-state index contributed by atoms with van der Waals surface area (Å²) in [4.78, 5) is 15.5. The summed E-state index contributed by atoms with van der Waals surface area (Å²) < 4.78 is 0. The van der Waals surface area contributed by atoms with Crippen LogP contribution in [0.4, 0.5) is 5.82 Å². The molecule has 3 rings (SSSR count). The fourth-order valence-corrected chi connectivity index (χ4v) is 2.13. The number of hydrogen-bond acceptors (Lipinski definition) is 4. The number of nitrogens with zero attached hydrogens (tertiary/aromatic N) is 3. The van der Waals surface area contributed by atoms with Crippen molar-refractivity contribution in [3.05, 3.63) is 48.5 Å². The Bertz CT molecular complexity index is 662. The first-order valence-electron chi connectivity index (χ1n) is 6.27. The molecule has 0 aliphatic carbocycles. The molecule has 5 heteroatoms. The van der Waals surface area contributed by atoms with Crippen LogP contribution < -0.4 is 5.32 Å². The summed E-state index contributed by atoms with van der Waals surface area (Å²) in [5.74, 6) is 0.797. The number of imidazole rings is 1. The first-order chi connectivity index (χ1) is 9.33. The molecule has 3 aromatic rings. The lowest BCUT2D eigenvalue weighted by Crippen LogP contribution is -2.19. The molecule has 2 aromatic heterocycles. The Morgan fingerprint density at radius 3 is 2.84 bits per heavy atom. The molecule has 0 bridgehead atoms. The van der Waals surface area contributed by atoms with Crippen molar-refractivity contribution in [1.29, 1.82) is 0 Å². The normalized spacial score (nSPS) is 12.5. The summed E-state index contributed by atoms with van der Waals surface area (Å²) >= 11 is 0. The molecular formula is C14H15N5. The Hall–Kier alpha value is -2.43. The number of anilines is 1. The van der Waals surface area contributed by atoms with Gasteiger partial charge in [-0.1, -0.05) is 30.3 Å². The molecule has 0 fully saturated rings. The molecule has 0 radical (unpaired) electrons. The van der Waals surface area contributed by atoms with Crippen LogP contribution in [-0.2, 0) is 6.42 Å². The molecule has 0 unspecified atom stereocenters. The van der Waals surface area contributed by atoms with E-state index in [1.807, 2.05) is 6.07 Å². The Morgan fingerprint density at radius 2 is 2.00 bits per heavy atom. The largest absolute Gasteiger partial charge is 0.365 e. The van der Waals surface area contributed by atoms with E-state index in [2.05, 4.69) is 56.4 Å². The van der Waals surface area contributed by atoms with Crippen molar-refractivity contribution in [3.63, 3.8) is 0 Å². The second-order valence-corrected chi connectivity index (χ2v) is 4.56. The van der Waals surface area contributed by atoms with E-state index in [4.69, 9.17) is 0 Å². The Balaban J connectivity index is 1.76. The number of benzene rings is 1. The summed E-state index contributed by atoms with van der Waals surface area (Å²) in [7, 11) is 0. The van der Waals surface area contributed by atoms with Gasteiger partial charge in [0.2, 0.25) is 0 Å². The van der Waals surface area contributed by atoms with Crippen LogP contribution in [0.5, 0.6) is 0 Å². The fraction of sp³-hybridized carbons (Fsp3) is 0.214. The molecule has 1 atom stereocenters. The zero-order valence-electron chi connectivity index (χ0n) is 10.7. The number of rotatable bonds is 4. The molecule has 2 N–H and O–H groups in total. The minimum atomic E-state index is 0.281. The van der Waals surface area contributed by atoms with E-state index in [1.54, 1.807) is 6.33 Å². The Morgan fingerprint density at radius 1 is 1.16 bits per heavy atom. The molecule has 0 aliphatic rings. The number of aromatic nitrogens is 4. The summed E-state index contributed by atoms with van der Waals surface area (Å²) in [6, 6.07) is 10.7. The molecule has 2 heterocycles. The average molecular weight is 253 g/mol. The van der Waals surface area contributed by atoms with Crippen LogP contribution >= 0.6 is 0 Å². The van der Waals surface area contributed by atoms with Crippen LogP contribution in [0.2, 0.25) is 0 Å². The number of nitrogens with one attached hydrogen (secondary N) is 2. The van der Waals surface area contributed by atoms with Gasteiger partial charge in [0.1, 0.15) is 11.8 Å². The molecule has 19 heavy (non-hydrogen) atoms. The van der Waals surface area contributed by atoms with E-state index >= 15 is 0 Å². The molecule has 0 saturated heterocycles. The molecular weight excluding hydrogens is 238 g/mol. The zero-order valence-corrected chi connectivity index (χ0v) is 10.7. The van der Waals surface area contributed by atoms with Gasteiger partial charge in [0.15, 0.2) is 11.5 Å². The van der Waals surface area contributed by atoms with Crippen LogP contribution in [0.25, 0.3) is 11.2 Å². The van der Waals surface area contributed by atoms with E-state index in [9.17, 15) is 0 Å². The van der Waals surface area contributed by atoms with E-state index in [-0.39, 0.29) is 6.04 Å². The average Bonchev–Trinajstić information content (AvgIpc) is 2.89. The summed E-state index contributed by atoms with van der Waals surface area (Å²) in [5.41, 5.74) is 2.84. The van der Waals surface area contributed by atoms with Gasteiger partial charge in [0, 0.05) is 6.04 Å². The van der Waals surface area contributed by atoms with Gasteiger partial charge >= 0.3 is 0 Å². The fourth-order valence-electron chi connectivity index (χ4n) is 2.13. The maximum atomic E-state index is 4.27. The van der Waals surface area contributed by atoms with Gasteiger partial charge in [-0.2, -0.15) is 0 Å². The number of hydrogen-bond donors (Lipinski definition) is 2. The highest BCUT2D eigenvalue weighted by Gasteiger charge is 2.09. The lowest BCUT2D eigenvalue weighted by atomic mass is 10.1. The first kappa shape index (κ1) is 11.6. The van der Waals surface area contributed by atoms with Crippen LogP contribution in [-0.4, -0.2) is 26.0 Å². The lowest BCUT2D eigenvalue weighted by Gasteiger charge is -2.14. The molecule has 0 aliphatic heterocycles. The molecule has 0 spiro atoms. The van der Waals surface area contributed by atoms with Crippen LogP contribution in [0, 0.1) is 0 Å². The highest BCUT2D eigenvalue weighted by Crippen LogP contribution is 2.16. The van der Waals surface area contributed by atoms with Crippen molar-refractivity contribution >= 4 is 17.0 Å². The number of aromatic amines is 1. The third-order valence-electron chi connectivity index (χ3n) is 2.99. The smallest absolute Gasteiger partial charge is 0.182 e. The molecule has 0 amide bonds. The van der Waals surface area contributed by atoms with Gasteiger partial charge in [-0.15, -0.1) is 0 Å². The van der Waals surface area contributed by atoms with E-state index in [1.165, 1.54) is 11.9 Å². The van der Waals surface area contributed by atoms with Crippen molar-refractivity contribution < 1.29 is 0 Å². The quantitative estimate of drug-likeness (QED) is 0.749. The molecule has 96 valence electrons. The van der Waals surface area contributed by atoms with Crippen molar-refractivity contribution in [2.75, 3.05) is 5.32 Å². The first-order valence-corrected chi connectivity index (χ1v) is 6.27. The molecule has 5 nitrogen and oxygen atoms in total. The second kappa shape index (κ2) is 5.06. The van der Waals surface area contributed by atoms with Crippen LogP contribution in [0.15, 0.2) is 43.0 Å². The lowest BCUT2D eigenvalue weighted by molar-refractivity contribution is 0.785. The standard InChI is InChI=1S/C14H15N5/c1-10(7-11-5-3-2-4-6-11)19-14-12-13(16-8-15-12)17-9-18-14/h2-6,8-10H,7H2,1H3,(H2,15,16,17,18,19)/t10-/m1/s1. The van der Waals surface area contributed by atoms with Crippen molar-refractivity contribution in [3.8, 4) is 0 Å². The maximum Gasteiger partial charge on any atom is 0.182 e. The van der Waals surface area contributed by atoms with Crippen molar-refractivity contribution in [2.45, 2.75) is 19.4 Å². The van der Waals surface area contributed by atoms with Gasteiger partial charge in [-0.25, -0.2) is 15.0 Å². The summed E-state index contributed by atoms with van der Waals surface area (Å²) in [6.45, 7) is 2.14. The predicted octanol–water partition coefficient (Wildman–Crippen LogP) is 2.40. The van der Waals surface area contributed by atoms with Gasteiger partial charge < -0.3 is 10.3 Å². The van der Waals surface area contributed by atoms with Gasteiger partial charge in [0.05, 0.1) is 6.33 Å². The monoisotopic (exact) mass is 253 g/mol.